The maximum atomic E-state index is 10.8. The summed E-state index contributed by atoms with van der Waals surface area (Å²) in [6.07, 6.45) is 2.12. The van der Waals surface area contributed by atoms with Crippen molar-refractivity contribution in [3.05, 3.63) is 34.0 Å². The van der Waals surface area contributed by atoms with Gasteiger partial charge in [0.15, 0.2) is 0 Å². The third kappa shape index (κ3) is 3.12. The van der Waals surface area contributed by atoms with Crippen molar-refractivity contribution in [3.63, 3.8) is 0 Å². The maximum Gasteiger partial charge on any atom is 0.345 e. The van der Waals surface area contributed by atoms with E-state index in [0.717, 1.165) is 28.3 Å². The van der Waals surface area contributed by atoms with Crippen LogP contribution in [-0.2, 0) is 6.42 Å². The van der Waals surface area contributed by atoms with Crippen molar-refractivity contribution in [1.29, 1.82) is 0 Å². The normalized spacial score (nSPS) is 10.6. The lowest BCUT2D eigenvalue weighted by molar-refractivity contribution is 0.0702. The van der Waals surface area contributed by atoms with E-state index in [0.29, 0.717) is 4.88 Å². The summed E-state index contributed by atoms with van der Waals surface area (Å²) in [5.74, 6) is 0.0446. The van der Waals surface area contributed by atoms with Crippen LogP contribution >= 0.6 is 35.3 Å². The van der Waals surface area contributed by atoms with Gasteiger partial charge in [0.2, 0.25) is 0 Å². The summed E-state index contributed by atoms with van der Waals surface area (Å²) in [5, 5.41) is 8.87. The van der Waals surface area contributed by atoms with Gasteiger partial charge in [-0.05, 0) is 42.9 Å². The maximum absolute atomic E-state index is 10.8. The second-order valence-electron chi connectivity index (χ2n) is 3.56. The number of hydrogen-bond acceptors (Lipinski definition) is 4. The molecule has 0 aliphatic heterocycles. The SMILES string of the molecule is O=C(O)c1ccc(-c2ccc(CCCS)s2)s1. The molecule has 0 fully saturated rings. The van der Waals surface area contributed by atoms with Crippen LogP contribution in [0.25, 0.3) is 9.75 Å². The summed E-state index contributed by atoms with van der Waals surface area (Å²) >= 11 is 7.26. The first-order valence-electron chi connectivity index (χ1n) is 5.24. The zero-order valence-corrected chi connectivity index (χ0v) is 11.6. The number of aromatic carboxylic acids is 1. The minimum atomic E-state index is -0.854. The summed E-state index contributed by atoms with van der Waals surface area (Å²) in [6, 6.07) is 7.72. The molecule has 2 heterocycles. The molecule has 0 saturated carbocycles. The highest BCUT2D eigenvalue weighted by Crippen LogP contribution is 2.34. The molecular weight excluding hydrogens is 272 g/mol. The van der Waals surface area contributed by atoms with Gasteiger partial charge in [-0.2, -0.15) is 12.6 Å². The number of rotatable bonds is 5. The van der Waals surface area contributed by atoms with Gasteiger partial charge in [-0.25, -0.2) is 4.79 Å². The quantitative estimate of drug-likeness (QED) is 0.813. The van der Waals surface area contributed by atoms with E-state index in [4.69, 9.17) is 5.11 Å². The topological polar surface area (TPSA) is 37.3 Å². The number of hydrogen-bond donors (Lipinski definition) is 2. The number of carboxylic acid groups (broad SMARTS) is 1. The van der Waals surface area contributed by atoms with Crippen LogP contribution < -0.4 is 0 Å². The van der Waals surface area contributed by atoms with E-state index in [9.17, 15) is 4.79 Å². The number of aryl methyl sites for hydroxylation is 1. The standard InChI is InChI=1S/C12H12O2S3/c13-12(14)11-6-5-10(17-11)9-4-3-8(16-9)2-1-7-15/h3-6,15H,1-2,7H2,(H,13,14). The minimum Gasteiger partial charge on any atom is -0.477 e. The Morgan fingerprint density at radius 2 is 1.88 bits per heavy atom. The first-order chi connectivity index (χ1) is 8.20. The Morgan fingerprint density at radius 3 is 2.53 bits per heavy atom. The van der Waals surface area contributed by atoms with Gasteiger partial charge in [0, 0.05) is 14.6 Å². The molecule has 2 aromatic rings. The van der Waals surface area contributed by atoms with Crippen LogP contribution in [0.2, 0.25) is 0 Å². The molecule has 90 valence electrons. The summed E-state index contributed by atoms with van der Waals surface area (Å²) in [7, 11) is 0. The summed E-state index contributed by atoms with van der Waals surface area (Å²) in [5.41, 5.74) is 0. The van der Waals surface area contributed by atoms with Crippen molar-refractivity contribution < 1.29 is 9.90 Å². The zero-order chi connectivity index (χ0) is 12.3. The molecule has 0 amide bonds. The second-order valence-corrected chi connectivity index (χ2v) is 6.26. The number of carbonyl (C=O) groups is 1. The lowest BCUT2D eigenvalue weighted by Gasteiger charge is -1.92. The average Bonchev–Trinajstić information content (AvgIpc) is 2.94. The van der Waals surface area contributed by atoms with Crippen LogP contribution in [0.5, 0.6) is 0 Å². The first kappa shape index (κ1) is 12.7. The fourth-order valence-corrected chi connectivity index (χ4v) is 3.63. The number of carboxylic acids is 1. The molecule has 0 aliphatic rings. The van der Waals surface area contributed by atoms with Crippen molar-refractivity contribution in [1.82, 2.24) is 0 Å². The van der Waals surface area contributed by atoms with Crippen molar-refractivity contribution in [2.45, 2.75) is 12.8 Å². The van der Waals surface area contributed by atoms with Crippen LogP contribution in [-0.4, -0.2) is 16.8 Å². The number of thiophene rings is 2. The molecule has 5 heteroatoms. The van der Waals surface area contributed by atoms with Gasteiger partial charge in [0.25, 0.3) is 0 Å². The molecule has 2 aromatic heterocycles. The highest BCUT2D eigenvalue weighted by molar-refractivity contribution is 7.80. The lowest BCUT2D eigenvalue weighted by atomic mass is 10.3. The van der Waals surface area contributed by atoms with Crippen molar-refractivity contribution in [2.24, 2.45) is 0 Å². The Balaban J connectivity index is 2.15. The summed E-state index contributed by atoms with van der Waals surface area (Å²) in [4.78, 5) is 14.7. The zero-order valence-electron chi connectivity index (χ0n) is 9.05. The molecular formula is C12H12O2S3. The van der Waals surface area contributed by atoms with Crippen molar-refractivity contribution >= 4 is 41.3 Å². The average molecular weight is 284 g/mol. The smallest absolute Gasteiger partial charge is 0.345 e. The largest absolute Gasteiger partial charge is 0.477 e. The van der Waals surface area contributed by atoms with E-state index < -0.39 is 5.97 Å². The Hall–Kier alpha value is -0.780. The molecule has 2 rings (SSSR count). The van der Waals surface area contributed by atoms with Crippen molar-refractivity contribution in [3.8, 4) is 9.75 Å². The summed E-state index contributed by atoms with van der Waals surface area (Å²) < 4.78 is 0. The van der Waals surface area contributed by atoms with E-state index in [-0.39, 0.29) is 0 Å². The fraction of sp³-hybridized carbons (Fsp3) is 0.250. The minimum absolute atomic E-state index is 0.394. The molecule has 0 bridgehead atoms. The Morgan fingerprint density at radius 1 is 1.18 bits per heavy atom. The van der Waals surface area contributed by atoms with E-state index in [2.05, 4.69) is 24.8 Å². The van der Waals surface area contributed by atoms with Crippen LogP contribution in [0.15, 0.2) is 24.3 Å². The second kappa shape index (κ2) is 5.71. The first-order valence-corrected chi connectivity index (χ1v) is 7.50. The van der Waals surface area contributed by atoms with Crippen LogP contribution in [0.4, 0.5) is 0 Å². The Bertz CT molecular complexity index is 513. The highest BCUT2D eigenvalue weighted by atomic mass is 32.1. The lowest BCUT2D eigenvalue weighted by Crippen LogP contribution is -1.89. The molecule has 0 aliphatic carbocycles. The van der Waals surface area contributed by atoms with Gasteiger partial charge in [-0.15, -0.1) is 22.7 Å². The third-order valence-corrected chi connectivity index (χ3v) is 5.03. The predicted molar refractivity (Wildman–Crippen MR) is 76.8 cm³/mol. The Kier molecular flexibility index (Phi) is 4.25. The molecule has 0 aromatic carbocycles. The molecule has 0 saturated heterocycles. The monoisotopic (exact) mass is 284 g/mol. The van der Waals surface area contributed by atoms with Crippen molar-refractivity contribution in [2.75, 3.05) is 5.75 Å². The van der Waals surface area contributed by atoms with Gasteiger partial charge in [-0.1, -0.05) is 0 Å². The van der Waals surface area contributed by atoms with Gasteiger partial charge in [0.05, 0.1) is 0 Å². The van der Waals surface area contributed by atoms with Crippen LogP contribution in [0, 0.1) is 0 Å². The molecule has 0 unspecified atom stereocenters. The van der Waals surface area contributed by atoms with E-state index in [1.807, 2.05) is 6.07 Å². The molecule has 17 heavy (non-hydrogen) atoms. The van der Waals surface area contributed by atoms with E-state index in [1.54, 1.807) is 17.4 Å². The van der Waals surface area contributed by atoms with Gasteiger partial charge in [0.1, 0.15) is 4.88 Å². The van der Waals surface area contributed by atoms with Crippen LogP contribution in [0.3, 0.4) is 0 Å². The van der Waals surface area contributed by atoms with Gasteiger partial charge in [-0.3, -0.25) is 0 Å². The molecule has 0 spiro atoms. The van der Waals surface area contributed by atoms with E-state index in [1.165, 1.54) is 16.2 Å². The predicted octanol–water partition coefficient (Wildman–Crippen LogP) is 4.04. The van der Waals surface area contributed by atoms with Gasteiger partial charge < -0.3 is 5.11 Å². The number of thiol groups is 1. The third-order valence-electron chi connectivity index (χ3n) is 2.30. The molecule has 0 radical (unpaired) electrons. The Labute approximate surface area is 113 Å². The summed E-state index contributed by atoms with van der Waals surface area (Å²) in [6.45, 7) is 0. The molecule has 1 N–H and O–H groups in total. The molecule has 0 atom stereocenters. The van der Waals surface area contributed by atoms with Gasteiger partial charge >= 0.3 is 5.97 Å². The van der Waals surface area contributed by atoms with Crippen LogP contribution in [0.1, 0.15) is 21.0 Å². The van der Waals surface area contributed by atoms with E-state index >= 15 is 0 Å². The highest BCUT2D eigenvalue weighted by Gasteiger charge is 2.10. The molecule has 2 nitrogen and oxygen atoms in total. The fourth-order valence-electron chi connectivity index (χ4n) is 1.48.